The summed E-state index contributed by atoms with van der Waals surface area (Å²) in [7, 11) is 0. The van der Waals surface area contributed by atoms with Crippen molar-refractivity contribution in [2.45, 2.75) is 79.9 Å². The van der Waals surface area contributed by atoms with E-state index in [9.17, 15) is 0 Å². The molecule has 0 radical (unpaired) electrons. The Morgan fingerprint density at radius 2 is 1.74 bits per heavy atom. The molecule has 0 amide bonds. The van der Waals surface area contributed by atoms with Crippen LogP contribution in [0.1, 0.15) is 68.2 Å². The van der Waals surface area contributed by atoms with Crippen LogP contribution in [0.4, 0.5) is 5.69 Å². The van der Waals surface area contributed by atoms with Crippen LogP contribution in [0.3, 0.4) is 0 Å². The lowest BCUT2D eigenvalue weighted by Crippen LogP contribution is -2.23. The first-order valence-electron chi connectivity index (χ1n) is 11.0. The highest BCUT2D eigenvalue weighted by Crippen LogP contribution is 2.21. The largest absolute Gasteiger partial charge is 0.488 e. The molecule has 1 aromatic carbocycles. The fourth-order valence-electron chi connectivity index (χ4n) is 2.34. The molecule has 1 aromatic rings. The van der Waals surface area contributed by atoms with Crippen LogP contribution in [0, 0.1) is 0 Å². The summed E-state index contributed by atoms with van der Waals surface area (Å²) in [6.07, 6.45) is 9.42. The summed E-state index contributed by atoms with van der Waals surface area (Å²) >= 11 is 0. The van der Waals surface area contributed by atoms with Gasteiger partial charge in [-0.3, -0.25) is 4.99 Å². The van der Waals surface area contributed by atoms with Crippen LogP contribution in [0.25, 0.3) is 0 Å². The zero-order valence-electron chi connectivity index (χ0n) is 20.9. The Hall–Kier alpha value is -2.75. The highest BCUT2D eigenvalue weighted by molar-refractivity contribution is 5.71. The molecule has 0 aliphatic rings. The molecule has 31 heavy (non-hydrogen) atoms. The minimum Gasteiger partial charge on any atom is -0.488 e. The number of allylic oxidation sites excluding steroid dienone is 4. The van der Waals surface area contributed by atoms with Crippen molar-refractivity contribution in [3.63, 3.8) is 0 Å². The second-order valence-corrected chi connectivity index (χ2v) is 8.38. The third kappa shape index (κ3) is 14.8. The Morgan fingerprint density at radius 3 is 2.19 bits per heavy atom. The standard InChI is InChI=1S/C16H25NO.C11H18N2/c1-7-15(12(2)3)17-13-8-10-14(11-9-13)18-16(4,5)6;1-5-7-8-12-11(4)9-13-10(3)6-2/h8-11,15,17H,2,7H2,1,3-6H3;5,7-9,13H,3,6H2,1-2,4H3/b;7-5-,11-9+,12-8+. The van der Waals surface area contributed by atoms with Gasteiger partial charge in [-0.25, -0.2) is 0 Å². The van der Waals surface area contributed by atoms with Crippen molar-refractivity contribution in [1.82, 2.24) is 5.32 Å². The molecule has 0 fully saturated rings. The van der Waals surface area contributed by atoms with Crippen LogP contribution in [0.15, 0.2) is 77.7 Å². The van der Waals surface area contributed by atoms with Crippen molar-refractivity contribution in [3.05, 3.63) is 72.7 Å². The molecule has 0 bridgehead atoms. The van der Waals surface area contributed by atoms with E-state index >= 15 is 0 Å². The van der Waals surface area contributed by atoms with E-state index in [1.54, 1.807) is 6.21 Å². The summed E-state index contributed by atoms with van der Waals surface area (Å²) in [6.45, 7) is 24.1. The van der Waals surface area contributed by atoms with Crippen LogP contribution in [0.5, 0.6) is 5.75 Å². The molecule has 0 saturated heterocycles. The first-order chi connectivity index (χ1) is 14.5. The number of nitrogens with one attached hydrogen (secondary N) is 2. The van der Waals surface area contributed by atoms with Crippen molar-refractivity contribution in [1.29, 1.82) is 0 Å². The summed E-state index contributed by atoms with van der Waals surface area (Å²) in [5, 5.41) is 6.53. The number of nitrogens with zero attached hydrogens (tertiary/aromatic N) is 1. The number of aliphatic imine (C=N–C) groups is 1. The monoisotopic (exact) mass is 425 g/mol. The van der Waals surface area contributed by atoms with Crippen molar-refractivity contribution in [3.8, 4) is 5.75 Å². The van der Waals surface area contributed by atoms with E-state index in [0.29, 0.717) is 6.04 Å². The number of rotatable bonds is 10. The maximum atomic E-state index is 5.79. The topological polar surface area (TPSA) is 45.6 Å². The maximum absolute atomic E-state index is 5.79. The van der Waals surface area contributed by atoms with Crippen molar-refractivity contribution >= 4 is 11.9 Å². The second kappa shape index (κ2) is 15.1. The van der Waals surface area contributed by atoms with Gasteiger partial charge in [-0.15, -0.1) is 0 Å². The van der Waals surface area contributed by atoms with E-state index in [0.717, 1.165) is 41.2 Å². The lowest BCUT2D eigenvalue weighted by molar-refractivity contribution is 0.131. The molecule has 1 atom stereocenters. The molecule has 0 aromatic heterocycles. The minimum atomic E-state index is -0.154. The van der Waals surface area contributed by atoms with Crippen LogP contribution in [-0.4, -0.2) is 17.9 Å². The fourth-order valence-corrected chi connectivity index (χ4v) is 2.34. The normalized spacial score (nSPS) is 12.8. The molecular weight excluding hydrogens is 382 g/mol. The number of ether oxygens (including phenoxy) is 1. The van der Waals surface area contributed by atoms with E-state index < -0.39 is 0 Å². The van der Waals surface area contributed by atoms with Gasteiger partial charge in [-0.05, 0) is 84.7 Å². The molecule has 0 aliphatic heterocycles. The molecule has 0 aliphatic carbocycles. The van der Waals surface area contributed by atoms with Crippen molar-refractivity contribution in [2.24, 2.45) is 4.99 Å². The summed E-state index contributed by atoms with van der Waals surface area (Å²) in [6, 6.07) is 8.43. The van der Waals surface area contributed by atoms with E-state index in [-0.39, 0.29) is 5.60 Å². The number of benzene rings is 1. The molecule has 1 rings (SSSR count). The molecule has 1 unspecified atom stereocenters. The highest BCUT2D eigenvalue weighted by atomic mass is 16.5. The predicted molar refractivity (Wildman–Crippen MR) is 139 cm³/mol. The Kier molecular flexibility index (Phi) is 13.8. The Labute approximate surface area is 190 Å². The molecular formula is C27H43N3O. The zero-order chi connectivity index (χ0) is 23.9. The number of hydrogen-bond acceptors (Lipinski definition) is 4. The van der Waals surface area contributed by atoms with Crippen LogP contribution in [0.2, 0.25) is 0 Å². The van der Waals surface area contributed by atoms with Gasteiger partial charge in [0.2, 0.25) is 0 Å². The van der Waals surface area contributed by atoms with Gasteiger partial charge in [-0.2, -0.15) is 0 Å². The van der Waals surface area contributed by atoms with E-state index in [2.05, 4.69) is 49.6 Å². The molecule has 0 heterocycles. The predicted octanol–water partition coefficient (Wildman–Crippen LogP) is 7.64. The molecule has 2 N–H and O–H groups in total. The van der Waals surface area contributed by atoms with Crippen LogP contribution >= 0.6 is 0 Å². The minimum absolute atomic E-state index is 0.154. The third-order valence-electron chi connectivity index (χ3n) is 4.09. The molecule has 4 nitrogen and oxygen atoms in total. The van der Waals surface area contributed by atoms with Gasteiger partial charge in [0, 0.05) is 29.8 Å². The Balaban J connectivity index is 0.000000615. The zero-order valence-corrected chi connectivity index (χ0v) is 20.9. The molecule has 4 heteroatoms. The lowest BCUT2D eigenvalue weighted by Gasteiger charge is -2.22. The summed E-state index contributed by atoms with van der Waals surface area (Å²) in [5.41, 5.74) is 4.05. The first-order valence-corrected chi connectivity index (χ1v) is 11.0. The van der Waals surface area contributed by atoms with Crippen LogP contribution < -0.4 is 15.4 Å². The van der Waals surface area contributed by atoms with Crippen molar-refractivity contribution < 1.29 is 4.74 Å². The smallest absolute Gasteiger partial charge is 0.120 e. The highest BCUT2D eigenvalue weighted by Gasteiger charge is 2.12. The number of hydrogen-bond donors (Lipinski definition) is 2. The average Bonchev–Trinajstić information content (AvgIpc) is 2.70. The van der Waals surface area contributed by atoms with Gasteiger partial charge in [0.15, 0.2) is 0 Å². The SMILES string of the molecule is C=C(C)C(CC)Nc1ccc(OC(C)(C)C)cc1.C=C(CC)N/C=C(C)/N=C/C=C\C. The molecule has 0 saturated carbocycles. The number of anilines is 1. The second-order valence-electron chi connectivity index (χ2n) is 8.38. The van der Waals surface area contributed by atoms with Crippen LogP contribution in [-0.2, 0) is 0 Å². The van der Waals surface area contributed by atoms with Gasteiger partial charge in [0.05, 0.1) is 5.70 Å². The maximum Gasteiger partial charge on any atom is 0.120 e. The molecule has 0 spiro atoms. The summed E-state index contributed by atoms with van der Waals surface area (Å²) in [4.78, 5) is 4.17. The van der Waals surface area contributed by atoms with E-state index in [4.69, 9.17) is 4.74 Å². The van der Waals surface area contributed by atoms with E-state index in [1.807, 2.05) is 77.2 Å². The fraction of sp³-hybridized carbons (Fsp3) is 0.444. The van der Waals surface area contributed by atoms with Gasteiger partial charge in [0.25, 0.3) is 0 Å². The van der Waals surface area contributed by atoms with Gasteiger partial charge in [-0.1, -0.05) is 38.7 Å². The Morgan fingerprint density at radius 1 is 1.13 bits per heavy atom. The van der Waals surface area contributed by atoms with Gasteiger partial charge < -0.3 is 15.4 Å². The third-order valence-corrected chi connectivity index (χ3v) is 4.09. The van der Waals surface area contributed by atoms with Gasteiger partial charge >= 0.3 is 0 Å². The summed E-state index contributed by atoms with van der Waals surface area (Å²) in [5.74, 6) is 0.899. The van der Waals surface area contributed by atoms with Gasteiger partial charge in [0.1, 0.15) is 11.4 Å². The van der Waals surface area contributed by atoms with Crippen molar-refractivity contribution in [2.75, 3.05) is 5.32 Å². The quantitative estimate of drug-likeness (QED) is 0.299. The lowest BCUT2D eigenvalue weighted by atomic mass is 10.1. The average molecular weight is 426 g/mol. The van der Waals surface area contributed by atoms with E-state index in [1.165, 1.54) is 0 Å². The first kappa shape index (κ1) is 28.2. The summed E-state index contributed by atoms with van der Waals surface area (Å²) < 4.78 is 5.79. The Bertz CT molecular complexity index is 750. The molecule has 172 valence electrons.